The van der Waals surface area contributed by atoms with Crippen LogP contribution < -0.4 is 5.69 Å². The molecular weight excluding hydrogens is 522 g/mol. The standard InChI is InChI=1S/C31H35N5O3S/c1-20(2)36-29-25(34(3)31(36)37)18-32-30-27(29)26(22-8-6-5-7-9-22)28(33-30)23-12-10-21(11-13-23)19-35-16-14-24(15-17-35)40(4,38)39/h5-13,18,20,24H,14-17,19H2,1-4H3,(H,32,33). The van der Waals surface area contributed by atoms with E-state index in [0.717, 1.165) is 64.1 Å². The Labute approximate surface area is 234 Å². The molecule has 0 amide bonds. The van der Waals surface area contributed by atoms with Gasteiger partial charge < -0.3 is 4.98 Å². The lowest BCUT2D eigenvalue weighted by Crippen LogP contribution is -2.38. The normalized spacial score (nSPS) is 15.5. The Balaban J connectivity index is 1.42. The number of aromatic amines is 1. The van der Waals surface area contributed by atoms with Gasteiger partial charge in [-0.15, -0.1) is 0 Å². The molecule has 4 heterocycles. The average Bonchev–Trinajstić information content (AvgIpc) is 3.44. The van der Waals surface area contributed by atoms with Gasteiger partial charge in [0.2, 0.25) is 0 Å². The lowest BCUT2D eigenvalue weighted by Gasteiger charge is -2.31. The van der Waals surface area contributed by atoms with Crippen molar-refractivity contribution in [2.75, 3.05) is 19.3 Å². The molecule has 0 bridgehead atoms. The lowest BCUT2D eigenvalue weighted by atomic mass is 9.97. The summed E-state index contributed by atoms with van der Waals surface area (Å²) < 4.78 is 27.4. The first-order chi connectivity index (χ1) is 19.1. The van der Waals surface area contributed by atoms with Gasteiger partial charge in [-0.2, -0.15) is 0 Å². The van der Waals surface area contributed by atoms with E-state index in [2.05, 4.69) is 46.3 Å². The third-order valence-electron chi connectivity index (χ3n) is 8.24. The molecule has 6 rings (SSSR count). The zero-order chi connectivity index (χ0) is 28.2. The number of aromatic nitrogens is 4. The quantitative estimate of drug-likeness (QED) is 0.312. The fourth-order valence-corrected chi connectivity index (χ4v) is 7.17. The molecular formula is C31H35N5O3S. The smallest absolute Gasteiger partial charge is 0.329 e. The molecule has 1 aliphatic rings. The molecule has 0 aliphatic carbocycles. The van der Waals surface area contributed by atoms with Crippen LogP contribution in [0.25, 0.3) is 44.5 Å². The second kappa shape index (κ2) is 10.1. The van der Waals surface area contributed by atoms with Gasteiger partial charge in [0.05, 0.1) is 33.6 Å². The summed E-state index contributed by atoms with van der Waals surface area (Å²) in [5.74, 6) is 0. The number of imidazole rings is 1. The van der Waals surface area contributed by atoms with Crippen molar-refractivity contribution in [2.45, 2.75) is 44.5 Å². The van der Waals surface area contributed by atoms with Gasteiger partial charge in [0, 0.05) is 31.5 Å². The van der Waals surface area contributed by atoms with Crippen molar-refractivity contribution in [1.29, 1.82) is 0 Å². The number of benzene rings is 2. The predicted octanol–water partition coefficient (Wildman–Crippen LogP) is 5.14. The first-order valence-corrected chi connectivity index (χ1v) is 15.8. The predicted molar refractivity (Wildman–Crippen MR) is 161 cm³/mol. The number of hydrogen-bond acceptors (Lipinski definition) is 5. The fraction of sp³-hybridized carbons (Fsp3) is 0.355. The number of likely N-dealkylation sites (tertiary alicyclic amines) is 1. The molecule has 0 spiro atoms. The van der Waals surface area contributed by atoms with E-state index in [1.807, 2.05) is 36.6 Å². The summed E-state index contributed by atoms with van der Waals surface area (Å²) in [6.45, 7) is 6.43. The number of piperidine rings is 1. The van der Waals surface area contributed by atoms with Crippen LogP contribution in [0, 0.1) is 0 Å². The number of pyridine rings is 1. The third kappa shape index (κ3) is 4.57. The molecule has 8 nitrogen and oxygen atoms in total. The van der Waals surface area contributed by atoms with E-state index in [0.29, 0.717) is 12.8 Å². The van der Waals surface area contributed by atoms with Crippen LogP contribution in [0.2, 0.25) is 0 Å². The molecule has 208 valence electrons. The van der Waals surface area contributed by atoms with Crippen LogP contribution in [0.3, 0.4) is 0 Å². The second-order valence-corrected chi connectivity index (χ2v) is 13.6. The molecule has 2 aromatic carbocycles. The minimum Gasteiger partial charge on any atom is -0.339 e. The Morgan fingerprint density at radius 1 is 1.00 bits per heavy atom. The highest BCUT2D eigenvalue weighted by molar-refractivity contribution is 7.91. The van der Waals surface area contributed by atoms with Gasteiger partial charge in [0.15, 0.2) is 0 Å². The van der Waals surface area contributed by atoms with Crippen molar-refractivity contribution < 1.29 is 8.42 Å². The van der Waals surface area contributed by atoms with E-state index in [9.17, 15) is 13.2 Å². The summed E-state index contributed by atoms with van der Waals surface area (Å²) in [7, 11) is -1.17. The minimum absolute atomic E-state index is 0.00874. The molecule has 3 aromatic heterocycles. The summed E-state index contributed by atoms with van der Waals surface area (Å²) in [5, 5.41) is 0.726. The molecule has 1 saturated heterocycles. The van der Waals surface area contributed by atoms with Crippen molar-refractivity contribution in [2.24, 2.45) is 7.05 Å². The van der Waals surface area contributed by atoms with Crippen LogP contribution in [-0.2, 0) is 23.4 Å². The van der Waals surface area contributed by atoms with Crippen LogP contribution in [-0.4, -0.2) is 57.0 Å². The molecule has 1 N–H and O–H groups in total. The first-order valence-electron chi connectivity index (χ1n) is 13.8. The van der Waals surface area contributed by atoms with Gasteiger partial charge in [0.1, 0.15) is 15.5 Å². The highest BCUT2D eigenvalue weighted by Crippen LogP contribution is 2.41. The summed E-state index contributed by atoms with van der Waals surface area (Å²) in [5.41, 5.74) is 7.69. The van der Waals surface area contributed by atoms with Gasteiger partial charge in [-0.05, 0) is 56.5 Å². The first kappa shape index (κ1) is 26.5. The van der Waals surface area contributed by atoms with Gasteiger partial charge >= 0.3 is 5.69 Å². The maximum Gasteiger partial charge on any atom is 0.329 e. The zero-order valence-corrected chi connectivity index (χ0v) is 24.2. The Bertz CT molecular complexity index is 1860. The second-order valence-electron chi connectivity index (χ2n) is 11.3. The van der Waals surface area contributed by atoms with Crippen molar-refractivity contribution in [3.63, 3.8) is 0 Å². The molecule has 0 atom stereocenters. The van der Waals surface area contributed by atoms with E-state index >= 15 is 0 Å². The number of H-pyrrole nitrogens is 1. The SMILES string of the molecule is CC(C)n1c(=O)n(C)c2cnc3[nH]c(-c4ccc(CN5CCC(S(C)(=O)=O)CC5)cc4)c(-c4ccccc4)c3c21. The van der Waals surface area contributed by atoms with E-state index in [1.54, 1.807) is 17.8 Å². The van der Waals surface area contributed by atoms with Crippen molar-refractivity contribution >= 4 is 31.9 Å². The molecule has 0 radical (unpaired) electrons. The third-order valence-corrected chi connectivity index (χ3v) is 9.92. The number of nitrogens with zero attached hydrogens (tertiary/aromatic N) is 4. The van der Waals surface area contributed by atoms with Gasteiger partial charge in [-0.25, -0.2) is 18.2 Å². The van der Waals surface area contributed by atoms with Gasteiger partial charge in [-0.1, -0.05) is 54.6 Å². The maximum absolute atomic E-state index is 13.2. The fourth-order valence-electron chi connectivity index (χ4n) is 6.10. The molecule has 1 aliphatic heterocycles. The van der Waals surface area contributed by atoms with E-state index in [-0.39, 0.29) is 17.0 Å². The van der Waals surface area contributed by atoms with Crippen LogP contribution in [0.4, 0.5) is 0 Å². The average molecular weight is 558 g/mol. The number of nitrogens with one attached hydrogen (secondary N) is 1. The zero-order valence-electron chi connectivity index (χ0n) is 23.4. The van der Waals surface area contributed by atoms with Crippen molar-refractivity contribution in [3.05, 3.63) is 76.8 Å². The van der Waals surface area contributed by atoms with Crippen LogP contribution in [0.15, 0.2) is 65.6 Å². The molecule has 40 heavy (non-hydrogen) atoms. The Kier molecular flexibility index (Phi) is 6.67. The summed E-state index contributed by atoms with van der Waals surface area (Å²) in [6, 6.07) is 18.8. The monoisotopic (exact) mass is 557 g/mol. The Hall–Kier alpha value is -3.69. The van der Waals surface area contributed by atoms with E-state index < -0.39 is 9.84 Å². The molecule has 9 heteroatoms. The summed E-state index contributed by atoms with van der Waals surface area (Å²) in [6.07, 6.45) is 4.51. The lowest BCUT2D eigenvalue weighted by molar-refractivity contribution is 0.222. The molecule has 1 fully saturated rings. The Morgan fingerprint density at radius 2 is 1.68 bits per heavy atom. The van der Waals surface area contributed by atoms with E-state index in [1.165, 1.54) is 11.8 Å². The maximum atomic E-state index is 13.2. The highest BCUT2D eigenvalue weighted by atomic mass is 32.2. The van der Waals surface area contributed by atoms with Gasteiger partial charge in [-0.3, -0.25) is 14.0 Å². The number of sulfone groups is 1. The number of fused-ring (bicyclic) bond motifs is 3. The largest absolute Gasteiger partial charge is 0.339 e. The summed E-state index contributed by atoms with van der Waals surface area (Å²) in [4.78, 5) is 23.9. The highest BCUT2D eigenvalue weighted by Gasteiger charge is 2.27. The van der Waals surface area contributed by atoms with Crippen molar-refractivity contribution in [3.8, 4) is 22.4 Å². The molecule has 5 aromatic rings. The summed E-state index contributed by atoms with van der Waals surface area (Å²) >= 11 is 0. The van der Waals surface area contributed by atoms with Crippen LogP contribution >= 0.6 is 0 Å². The molecule has 0 unspecified atom stereocenters. The van der Waals surface area contributed by atoms with Crippen LogP contribution in [0.5, 0.6) is 0 Å². The van der Waals surface area contributed by atoms with Crippen molar-refractivity contribution in [1.82, 2.24) is 24.0 Å². The Morgan fingerprint density at radius 3 is 2.30 bits per heavy atom. The minimum atomic E-state index is -2.97. The van der Waals surface area contributed by atoms with Gasteiger partial charge in [0.25, 0.3) is 0 Å². The number of aryl methyl sites for hydroxylation is 1. The molecule has 0 saturated carbocycles. The number of rotatable bonds is 6. The topological polar surface area (TPSA) is 93.0 Å². The van der Waals surface area contributed by atoms with E-state index in [4.69, 9.17) is 4.98 Å². The number of hydrogen-bond donors (Lipinski definition) is 1. The van der Waals surface area contributed by atoms with Crippen LogP contribution in [0.1, 0.15) is 38.3 Å².